The number of nitrogens with zero attached hydrogens (tertiary/aromatic N) is 2. The summed E-state index contributed by atoms with van der Waals surface area (Å²) in [4.78, 5) is 13.7. The Morgan fingerprint density at radius 2 is 1.92 bits per heavy atom. The van der Waals surface area contributed by atoms with Crippen molar-refractivity contribution in [3.63, 3.8) is 0 Å². The molecule has 0 aliphatic carbocycles. The van der Waals surface area contributed by atoms with Crippen molar-refractivity contribution in [1.82, 2.24) is 4.90 Å². The zero-order chi connectivity index (χ0) is 17.7. The summed E-state index contributed by atoms with van der Waals surface area (Å²) in [6, 6.07) is 2.91. The van der Waals surface area contributed by atoms with Crippen LogP contribution in [0.1, 0.15) is 12.8 Å². The molecular weight excluding hydrogens is 342 g/mol. The number of halogens is 2. The lowest BCUT2D eigenvalue weighted by atomic mass is 10.2. The molecule has 9 heteroatoms. The molecule has 0 N–H and O–H groups in total. The van der Waals surface area contributed by atoms with Crippen molar-refractivity contribution in [1.29, 1.82) is 0 Å². The topological polar surface area (TPSA) is 66.9 Å². The van der Waals surface area contributed by atoms with E-state index in [-0.39, 0.29) is 31.0 Å². The van der Waals surface area contributed by atoms with E-state index < -0.39 is 21.7 Å². The monoisotopic (exact) mass is 362 g/mol. The standard InChI is InChI=1S/C15H20F2N2O4S/c1-24(21,22)19(12-4-5-13(16)14(17)11-12)6-2-3-15(20)18-7-9-23-10-8-18/h4-5,11H,2-3,6-10H2,1H3. The fourth-order valence-corrected chi connectivity index (χ4v) is 3.43. The number of ether oxygens (including phenoxy) is 1. The maximum absolute atomic E-state index is 13.4. The normalized spacial score (nSPS) is 15.4. The molecule has 2 rings (SSSR count). The number of benzene rings is 1. The van der Waals surface area contributed by atoms with E-state index in [0.29, 0.717) is 26.3 Å². The average Bonchev–Trinajstić information content (AvgIpc) is 2.54. The molecular formula is C15H20F2N2O4S. The van der Waals surface area contributed by atoms with Crippen LogP contribution in [-0.2, 0) is 19.6 Å². The first-order valence-electron chi connectivity index (χ1n) is 7.57. The first-order chi connectivity index (χ1) is 11.3. The summed E-state index contributed by atoms with van der Waals surface area (Å²) in [5.74, 6) is -2.24. The van der Waals surface area contributed by atoms with Crippen LogP contribution in [0.25, 0.3) is 0 Å². The number of sulfonamides is 1. The fraction of sp³-hybridized carbons (Fsp3) is 0.533. The second-order valence-electron chi connectivity index (χ2n) is 5.53. The Morgan fingerprint density at radius 3 is 2.50 bits per heavy atom. The van der Waals surface area contributed by atoms with E-state index in [9.17, 15) is 22.0 Å². The van der Waals surface area contributed by atoms with E-state index in [0.717, 1.165) is 22.7 Å². The van der Waals surface area contributed by atoms with Gasteiger partial charge >= 0.3 is 0 Å². The third kappa shape index (κ3) is 4.88. The first kappa shape index (κ1) is 18.6. The number of carbonyl (C=O) groups is 1. The third-order valence-corrected chi connectivity index (χ3v) is 4.90. The molecule has 1 aromatic rings. The van der Waals surface area contributed by atoms with E-state index in [1.807, 2.05) is 0 Å². The Bertz CT molecular complexity index is 691. The van der Waals surface area contributed by atoms with E-state index in [4.69, 9.17) is 4.74 Å². The smallest absolute Gasteiger partial charge is 0.232 e. The van der Waals surface area contributed by atoms with E-state index in [1.54, 1.807) is 4.90 Å². The summed E-state index contributed by atoms with van der Waals surface area (Å²) < 4.78 is 56.3. The number of hydrogen-bond donors (Lipinski definition) is 0. The van der Waals surface area contributed by atoms with Crippen molar-refractivity contribution in [2.45, 2.75) is 12.8 Å². The number of carbonyl (C=O) groups excluding carboxylic acids is 1. The third-order valence-electron chi connectivity index (χ3n) is 3.71. The predicted molar refractivity (Wildman–Crippen MR) is 85.2 cm³/mol. The Labute approximate surface area is 140 Å². The van der Waals surface area contributed by atoms with Crippen LogP contribution in [0.2, 0.25) is 0 Å². The molecule has 1 heterocycles. The zero-order valence-electron chi connectivity index (χ0n) is 13.4. The highest BCUT2D eigenvalue weighted by atomic mass is 32.2. The molecule has 1 saturated heterocycles. The Hall–Kier alpha value is -1.74. The molecule has 1 aromatic carbocycles. The summed E-state index contributed by atoms with van der Waals surface area (Å²) >= 11 is 0. The molecule has 1 aliphatic rings. The minimum Gasteiger partial charge on any atom is -0.378 e. The van der Waals surface area contributed by atoms with Crippen LogP contribution in [0.3, 0.4) is 0 Å². The van der Waals surface area contributed by atoms with E-state index in [2.05, 4.69) is 0 Å². The molecule has 134 valence electrons. The number of morpholine rings is 1. The molecule has 0 spiro atoms. The zero-order valence-corrected chi connectivity index (χ0v) is 14.2. The van der Waals surface area contributed by atoms with Crippen molar-refractivity contribution < 1.29 is 26.7 Å². The van der Waals surface area contributed by atoms with Crippen LogP contribution in [0.4, 0.5) is 14.5 Å². The Morgan fingerprint density at radius 1 is 1.25 bits per heavy atom. The molecule has 0 bridgehead atoms. The van der Waals surface area contributed by atoms with Crippen LogP contribution >= 0.6 is 0 Å². The lowest BCUT2D eigenvalue weighted by Crippen LogP contribution is -2.41. The van der Waals surface area contributed by atoms with Gasteiger partial charge < -0.3 is 9.64 Å². The maximum Gasteiger partial charge on any atom is 0.232 e. The van der Waals surface area contributed by atoms with Gasteiger partial charge in [-0.05, 0) is 18.6 Å². The SMILES string of the molecule is CS(=O)(=O)N(CCCC(=O)N1CCOCC1)c1ccc(F)c(F)c1. The summed E-state index contributed by atoms with van der Waals surface area (Å²) in [6.45, 7) is 2.06. The highest BCUT2D eigenvalue weighted by Crippen LogP contribution is 2.21. The van der Waals surface area contributed by atoms with Crippen LogP contribution < -0.4 is 4.31 Å². The van der Waals surface area contributed by atoms with Crippen molar-refractivity contribution >= 4 is 21.6 Å². The van der Waals surface area contributed by atoms with Crippen LogP contribution in [0.5, 0.6) is 0 Å². The second-order valence-corrected chi connectivity index (χ2v) is 7.44. The maximum atomic E-state index is 13.4. The minimum absolute atomic E-state index is 0.0139. The van der Waals surface area contributed by atoms with Gasteiger partial charge in [-0.1, -0.05) is 0 Å². The van der Waals surface area contributed by atoms with Crippen molar-refractivity contribution in [3.05, 3.63) is 29.8 Å². The van der Waals surface area contributed by atoms with Crippen molar-refractivity contribution in [3.8, 4) is 0 Å². The van der Waals surface area contributed by atoms with Crippen LogP contribution in [0, 0.1) is 11.6 Å². The summed E-state index contributed by atoms with van der Waals surface area (Å²) in [7, 11) is -3.67. The van der Waals surface area contributed by atoms with Gasteiger partial charge in [0.05, 0.1) is 25.2 Å². The lowest BCUT2D eigenvalue weighted by Gasteiger charge is -2.27. The molecule has 0 saturated carbocycles. The second kappa shape index (κ2) is 7.89. The van der Waals surface area contributed by atoms with Crippen molar-refractivity contribution in [2.75, 3.05) is 43.4 Å². The Balaban J connectivity index is 1.99. The van der Waals surface area contributed by atoms with Gasteiger partial charge in [0.15, 0.2) is 11.6 Å². The molecule has 1 amide bonds. The lowest BCUT2D eigenvalue weighted by molar-refractivity contribution is -0.135. The number of amides is 1. The molecule has 0 unspecified atom stereocenters. The molecule has 1 fully saturated rings. The van der Waals surface area contributed by atoms with Gasteiger partial charge in [-0.3, -0.25) is 9.10 Å². The van der Waals surface area contributed by atoms with Gasteiger partial charge in [0, 0.05) is 32.1 Å². The van der Waals surface area contributed by atoms with Gasteiger partial charge in [0.25, 0.3) is 0 Å². The highest BCUT2D eigenvalue weighted by Gasteiger charge is 2.21. The van der Waals surface area contributed by atoms with Gasteiger partial charge in [-0.15, -0.1) is 0 Å². The number of anilines is 1. The van der Waals surface area contributed by atoms with Gasteiger partial charge in [0.2, 0.25) is 15.9 Å². The van der Waals surface area contributed by atoms with Crippen molar-refractivity contribution in [2.24, 2.45) is 0 Å². The van der Waals surface area contributed by atoms with Crippen LogP contribution in [-0.4, -0.2) is 58.3 Å². The molecule has 24 heavy (non-hydrogen) atoms. The van der Waals surface area contributed by atoms with Gasteiger partial charge in [-0.25, -0.2) is 17.2 Å². The van der Waals surface area contributed by atoms with Crippen LogP contribution in [0.15, 0.2) is 18.2 Å². The molecule has 6 nitrogen and oxygen atoms in total. The first-order valence-corrected chi connectivity index (χ1v) is 9.42. The fourth-order valence-electron chi connectivity index (χ4n) is 2.47. The number of hydrogen-bond acceptors (Lipinski definition) is 4. The quantitative estimate of drug-likeness (QED) is 0.767. The largest absolute Gasteiger partial charge is 0.378 e. The Kier molecular flexibility index (Phi) is 6.11. The van der Waals surface area contributed by atoms with Gasteiger partial charge in [0.1, 0.15) is 0 Å². The molecule has 1 aliphatic heterocycles. The summed E-state index contributed by atoms with van der Waals surface area (Å²) in [6.07, 6.45) is 1.44. The minimum atomic E-state index is -3.67. The van der Waals surface area contributed by atoms with E-state index >= 15 is 0 Å². The predicted octanol–water partition coefficient (Wildman–Crippen LogP) is 1.37. The summed E-state index contributed by atoms with van der Waals surface area (Å²) in [5.41, 5.74) is 0.0372. The molecule has 0 radical (unpaired) electrons. The van der Waals surface area contributed by atoms with E-state index in [1.165, 1.54) is 6.07 Å². The van der Waals surface area contributed by atoms with Gasteiger partial charge in [-0.2, -0.15) is 0 Å². The summed E-state index contributed by atoms with van der Waals surface area (Å²) in [5, 5.41) is 0. The highest BCUT2D eigenvalue weighted by molar-refractivity contribution is 7.92. The molecule has 0 aromatic heterocycles. The average molecular weight is 362 g/mol. The molecule has 0 atom stereocenters. The number of rotatable bonds is 6.